The van der Waals surface area contributed by atoms with Crippen molar-refractivity contribution in [3.8, 4) is 5.75 Å². The number of carboxylic acids is 1. The minimum Gasteiger partial charge on any atom is -0.495 e. The minimum atomic E-state index is -0.782. The maximum Gasteiger partial charge on any atom is 0.311 e. The summed E-state index contributed by atoms with van der Waals surface area (Å²) >= 11 is 12.8. The summed E-state index contributed by atoms with van der Waals surface area (Å²) in [6, 6.07) is 11.0. The highest BCUT2D eigenvalue weighted by Crippen LogP contribution is 2.41. The van der Waals surface area contributed by atoms with E-state index in [0.717, 1.165) is 42.3 Å². The predicted molar refractivity (Wildman–Crippen MR) is 138 cm³/mol. The highest BCUT2D eigenvalue weighted by molar-refractivity contribution is 6.46. The molecule has 36 heavy (non-hydrogen) atoms. The standard InChI is InChI=1S/C27H28Cl2N2O5/c1-31-19-12-21(35-2)24(29)23(28)18(19)11-20(31)25(32)30-27(13-36-14-27)17-9-7-16(8-10-17)22(26(33)34)15-5-3-4-6-15/h7-12,15,22H,3-6,13-14H2,1-2H3,(H,30,32)(H,33,34). The third-order valence-electron chi connectivity index (χ3n) is 7.65. The molecule has 1 saturated heterocycles. The maximum atomic E-state index is 13.4. The largest absolute Gasteiger partial charge is 0.495 e. The number of amides is 1. The van der Waals surface area contributed by atoms with Crippen LogP contribution in [0, 0.1) is 5.92 Å². The molecular weight excluding hydrogens is 503 g/mol. The highest BCUT2D eigenvalue weighted by atomic mass is 35.5. The van der Waals surface area contributed by atoms with Crippen molar-refractivity contribution in [1.29, 1.82) is 0 Å². The van der Waals surface area contributed by atoms with Gasteiger partial charge in [-0.15, -0.1) is 0 Å². The Morgan fingerprint density at radius 2 is 1.81 bits per heavy atom. The second-order valence-corrected chi connectivity index (χ2v) is 10.5. The van der Waals surface area contributed by atoms with Crippen LogP contribution in [0.15, 0.2) is 36.4 Å². The van der Waals surface area contributed by atoms with E-state index < -0.39 is 17.4 Å². The summed E-state index contributed by atoms with van der Waals surface area (Å²) in [6.07, 6.45) is 4.05. The maximum absolute atomic E-state index is 13.4. The summed E-state index contributed by atoms with van der Waals surface area (Å²) in [5.41, 5.74) is 2.13. The lowest BCUT2D eigenvalue weighted by Gasteiger charge is -2.42. The van der Waals surface area contributed by atoms with Gasteiger partial charge in [0.1, 0.15) is 22.0 Å². The molecule has 1 atom stereocenters. The van der Waals surface area contributed by atoms with Crippen LogP contribution < -0.4 is 10.1 Å². The number of carbonyl (C=O) groups is 2. The molecule has 2 aliphatic rings. The van der Waals surface area contributed by atoms with Crippen molar-refractivity contribution in [2.24, 2.45) is 13.0 Å². The molecule has 0 bridgehead atoms. The lowest BCUT2D eigenvalue weighted by atomic mass is 9.82. The molecule has 1 amide bonds. The van der Waals surface area contributed by atoms with Gasteiger partial charge in [0.15, 0.2) is 0 Å². The van der Waals surface area contributed by atoms with Gasteiger partial charge in [-0.3, -0.25) is 9.59 Å². The minimum absolute atomic E-state index is 0.166. The number of hydrogen-bond donors (Lipinski definition) is 2. The average molecular weight is 531 g/mol. The van der Waals surface area contributed by atoms with Crippen LogP contribution in [0.1, 0.15) is 53.2 Å². The van der Waals surface area contributed by atoms with Gasteiger partial charge in [0.05, 0.1) is 36.8 Å². The Morgan fingerprint density at radius 3 is 2.36 bits per heavy atom. The van der Waals surface area contributed by atoms with Crippen molar-refractivity contribution < 1.29 is 24.2 Å². The van der Waals surface area contributed by atoms with Crippen molar-refractivity contribution in [2.45, 2.75) is 37.1 Å². The van der Waals surface area contributed by atoms with Gasteiger partial charge in [-0.2, -0.15) is 0 Å². The summed E-state index contributed by atoms with van der Waals surface area (Å²) in [5, 5.41) is 14.3. The Balaban J connectivity index is 1.42. The van der Waals surface area contributed by atoms with Crippen molar-refractivity contribution in [1.82, 2.24) is 9.88 Å². The normalized spacial score (nSPS) is 18.1. The number of carbonyl (C=O) groups excluding carboxylic acids is 1. The zero-order valence-electron chi connectivity index (χ0n) is 20.1. The van der Waals surface area contributed by atoms with E-state index in [4.69, 9.17) is 32.7 Å². The molecule has 1 aromatic heterocycles. The van der Waals surface area contributed by atoms with Crippen molar-refractivity contribution in [2.75, 3.05) is 20.3 Å². The molecule has 1 aliphatic carbocycles. The van der Waals surface area contributed by atoms with Crippen LogP contribution in [-0.2, 0) is 22.1 Å². The Kier molecular flexibility index (Phi) is 6.66. The first-order valence-electron chi connectivity index (χ1n) is 12.0. The Morgan fingerprint density at radius 1 is 1.14 bits per heavy atom. The van der Waals surface area contributed by atoms with E-state index >= 15 is 0 Å². The number of fused-ring (bicyclic) bond motifs is 1. The van der Waals surface area contributed by atoms with E-state index in [0.29, 0.717) is 40.1 Å². The van der Waals surface area contributed by atoms with E-state index in [1.54, 1.807) is 23.7 Å². The molecule has 9 heteroatoms. The first-order valence-corrected chi connectivity index (χ1v) is 12.8. The van der Waals surface area contributed by atoms with Crippen molar-refractivity contribution in [3.63, 3.8) is 0 Å². The van der Waals surface area contributed by atoms with Crippen LogP contribution in [0.5, 0.6) is 5.75 Å². The van der Waals surface area contributed by atoms with Gasteiger partial charge < -0.3 is 24.5 Å². The van der Waals surface area contributed by atoms with Crippen LogP contribution in [0.4, 0.5) is 0 Å². The zero-order chi connectivity index (χ0) is 25.6. The average Bonchev–Trinajstić information content (AvgIpc) is 3.47. The van der Waals surface area contributed by atoms with Gasteiger partial charge >= 0.3 is 5.97 Å². The van der Waals surface area contributed by atoms with Gasteiger partial charge in [-0.05, 0) is 36.0 Å². The number of methoxy groups -OCH3 is 1. The summed E-state index contributed by atoms with van der Waals surface area (Å²) in [5.74, 6) is -0.963. The number of benzene rings is 2. The summed E-state index contributed by atoms with van der Waals surface area (Å²) in [6.45, 7) is 0.654. The number of halogens is 2. The molecular formula is C27H28Cl2N2O5. The number of ether oxygens (including phenoxy) is 2. The summed E-state index contributed by atoms with van der Waals surface area (Å²) in [4.78, 5) is 25.5. The fraction of sp³-hybridized carbons (Fsp3) is 0.407. The highest BCUT2D eigenvalue weighted by Gasteiger charge is 2.43. The molecule has 2 heterocycles. The third-order valence-corrected chi connectivity index (χ3v) is 8.52. The van der Waals surface area contributed by atoms with Gasteiger partial charge in [0.25, 0.3) is 5.91 Å². The second-order valence-electron chi connectivity index (χ2n) is 9.74. The molecule has 5 rings (SSSR count). The van der Waals surface area contributed by atoms with Gasteiger partial charge in [0, 0.05) is 18.5 Å². The molecule has 1 saturated carbocycles. The van der Waals surface area contributed by atoms with E-state index in [2.05, 4.69) is 5.32 Å². The lowest BCUT2D eigenvalue weighted by molar-refractivity contribution is -0.140. The number of aliphatic carboxylic acids is 1. The molecule has 2 fully saturated rings. The molecule has 190 valence electrons. The number of aryl methyl sites for hydroxylation is 1. The molecule has 1 aliphatic heterocycles. The number of aromatic nitrogens is 1. The Bertz CT molecular complexity index is 1320. The van der Waals surface area contributed by atoms with Crippen LogP contribution in [-0.4, -0.2) is 41.9 Å². The van der Waals surface area contributed by atoms with Crippen LogP contribution in [0.2, 0.25) is 10.0 Å². The first-order chi connectivity index (χ1) is 17.3. The molecule has 3 aromatic rings. The summed E-state index contributed by atoms with van der Waals surface area (Å²) in [7, 11) is 3.30. The van der Waals surface area contributed by atoms with E-state index in [1.165, 1.54) is 7.11 Å². The van der Waals surface area contributed by atoms with Gasteiger partial charge in [-0.1, -0.05) is 60.3 Å². The zero-order valence-corrected chi connectivity index (χ0v) is 21.7. The fourth-order valence-electron chi connectivity index (χ4n) is 5.56. The van der Waals surface area contributed by atoms with Crippen molar-refractivity contribution >= 4 is 46.0 Å². The fourth-order valence-corrected chi connectivity index (χ4v) is 6.04. The van der Waals surface area contributed by atoms with Gasteiger partial charge in [0.2, 0.25) is 0 Å². The van der Waals surface area contributed by atoms with Crippen LogP contribution >= 0.6 is 23.2 Å². The quantitative estimate of drug-likeness (QED) is 0.420. The summed E-state index contributed by atoms with van der Waals surface area (Å²) < 4.78 is 12.6. The number of nitrogens with one attached hydrogen (secondary N) is 1. The SMILES string of the molecule is COc1cc2c(cc(C(=O)NC3(c4ccc(C(C(=O)O)C5CCCC5)cc4)COC3)n2C)c(Cl)c1Cl. The van der Waals surface area contributed by atoms with Crippen LogP contribution in [0.3, 0.4) is 0 Å². The van der Waals surface area contributed by atoms with E-state index in [1.807, 2.05) is 24.3 Å². The van der Waals surface area contributed by atoms with Gasteiger partial charge in [-0.25, -0.2) is 0 Å². The number of hydrogen-bond acceptors (Lipinski definition) is 4. The van der Waals surface area contributed by atoms with E-state index in [9.17, 15) is 14.7 Å². The third kappa shape index (κ3) is 4.13. The molecule has 2 aromatic carbocycles. The number of rotatable bonds is 7. The number of nitrogens with zero attached hydrogens (tertiary/aromatic N) is 1. The smallest absolute Gasteiger partial charge is 0.311 e. The predicted octanol–water partition coefficient (Wildman–Crippen LogP) is 5.51. The first kappa shape index (κ1) is 24.9. The molecule has 0 radical (unpaired) electrons. The van der Waals surface area contributed by atoms with E-state index in [-0.39, 0.29) is 11.8 Å². The Labute approximate surface area is 219 Å². The second kappa shape index (κ2) is 9.61. The van der Waals surface area contributed by atoms with Crippen LogP contribution in [0.25, 0.3) is 10.9 Å². The van der Waals surface area contributed by atoms with Crippen molar-refractivity contribution in [3.05, 3.63) is 63.3 Å². The number of carboxylic acid groups (broad SMARTS) is 1. The monoisotopic (exact) mass is 530 g/mol. The molecule has 1 unspecified atom stereocenters. The molecule has 7 nitrogen and oxygen atoms in total. The topological polar surface area (TPSA) is 89.8 Å². The molecule has 0 spiro atoms. The molecule has 2 N–H and O–H groups in total. The Hall–Kier alpha value is -2.74. The lowest BCUT2D eigenvalue weighted by Crippen LogP contribution is -2.59.